The Balaban J connectivity index is 2.07. The number of carbonyl (C=O) groups is 4. The smallest absolute Gasteiger partial charge is 0.341 e. The van der Waals surface area contributed by atoms with Crippen LogP contribution in [-0.4, -0.2) is 43.1 Å². The fourth-order valence-electron chi connectivity index (χ4n) is 2.88. The summed E-state index contributed by atoms with van der Waals surface area (Å²) in [6, 6.07) is 0. The maximum Gasteiger partial charge on any atom is 0.341 e. The third kappa shape index (κ3) is 6.15. The van der Waals surface area contributed by atoms with Crippen molar-refractivity contribution in [1.82, 2.24) is 0 Å². The van der Waals surface area contributed by atoms with Crippen LogP contribution < -0.4 is 5.32 Å². The molecule has 0 aliphatic heterocycles. The monoisotopic (exact) mass is 423 g/mol. The number of amides is 1. The fraction of sp³-hybridized carbons (Fsp3) is 0.500. The molecule has 0 aromatic carbocycles. The zero-order valence-corrected chi connectivity index (χ0v) is 17.6. The molecule has 1 amide bonds. The summed E-state index contributed by atoms with van der Waals surface area (Å²) in [5.74, 6) is -2.57. The van der Waals surface area contributed by atoms with E-state index in [1.54, 1.807) is 13.8 Å². The minimum Gasteiger partial charge on any atom is -0.463 e. The van der Waals surface area contributed by atoms with E-state index in [-0.39, 0.29) is 13.2 Å². The summed E-state index contributed by atoms with van der Waals surface area (Å²) in [6.45, 7) is 5.19. The van der Waals surface area contributed by atoms with Crippen LogP contribution in [0.2, 0.25) is 0 Å². The van der Waals surface area contributed by atoms with Crippen molar-refractivity contribution in [2.75, 3.05) is 18.5 Å². The Kier molecular flexibility index (Phi) is 8.38. The second kappa shape index (κ2) is 10.8. The van der Waals surface area contributed by atoms with Gasteiger partial charge in [-0.25, -0.2) is 14.4 Å². The van der Waals surface area contributed by atoms with E-state index in [0.717, 1.165) is 48.3 Å². The van der Waals surface area contributed by atoms with Crippen molar-refractivity contribution in [3.05, 3.63) is 28.2 Å². The number of nitrogens with one attached hydrogen (secondary N) is 1. The molecule has 1 aromatic heterocycles. The van der Waals surface area contributed by atoms with Gasteiger partial charge in [0.25, 0.3) is 5.91 Å². The van der Waals surface area contributed by atoms with Crippen LogP contribution in [-0.2, 0) is 41.4 Å². The molecule has 0 saturated heterocycles. The normalized spacial score (nSPS) is 14.0. The van der Waals surface area contributed by atoms with E-state index in [2.05, 4.69) is 10.1 Å². The molecule has 2 rings (SSSR count). The lowest BCUT2D eigenvalue weighted by atomic mass is 9.95. The van der Waals surface area contributed by atoms with Crippen LogP contribution in [0.25, 0.3) is 0 Å². The molecular formula is C20H25NO7S. The van der Waals surface area contributed by atoms with Crippen molar-refractivity contribution in [3.8, 4) is 0 Å². The van der Waals surface area contributed by atoms with Crippen LogP contribution in [0.15, 0.2) is 12.2 Å². The van der Waals surface area contributed by atoms with E-state index in [1.165, 1.54) is 18.3 Å². The summed E-state index contributed by atoms with van der Waals surface area (Å²) in [6.07, 6.45) is 4.33. The first-order chi connectivity index (χ1) is 13.9. The zero-order chi connectivity index (χ0) is 21.4. The van der Waals surface area contributed by atoms with Crippen LogP contribution >= 0.6 is 11.3 Å². The molecule has 1 heterocycles. The molecule has 158 valence electrons. The average molecular weight is 423 g/mol. The van der Waals surface area contributed by atoms with Crippen LogP contribution in [0.5, 0.6) is 0 Å². The maximum absolute atomic E-state index is 12.5. The van der Waals surface area contributed by atoms with Gasteiger partial charge in [0.05, 0.1) is 18.8 Å². The lowest BCUT2D eigenvalue weighted by Crippen LogP contribution is -2.29. The SMILES string of the molecule is CCOC(=O)C=CC(=O)OC(C)C(=O)Nc1sc2c(c1C(=O)OCC)CCCC2. The van der Waals surface area contributed by atoms with E-state index in [1.807, 2.05) is 0 Å². The summed E-state index contributed by atoms with van der Waals surface area (Å²) in [7, 11) is 0. The molecule has 0 radical (unpaired) electrons. The summed E-state index contributed by atoms with van der Waals surface area (Å²) < 4.78 is 14.8. The third-order valence-electron chi connectivity index (χ3n) is 4.19. The van der Waals surface area contributed by atoms with Crippen LogP contribution in [0.3, 0.4) is 0 Å². The number of aryl methyl sites for hydroxylation is 1. The van der Waals surface area contributed by atoms with Gasteiger partial charge in [-0.15, -0.1) is 11.3 Å². The van der Waals surface area contributed by atoms with Gasteiger partial charge in [0.15, 0.2) is 6.10 Å². The molecule has 0 saturated carbocycles. The standard InChI is InChI=1S/C20H25NO7S/c1-4-26-15(22)10-11-16(23)28-12(3)18(24)21-19-17(20(25)27-5-2)13-8-6-7-9-14(13)29-19/h10-12H,4-9H2,1-3H3,(H,21,24). The van der Waals surface area contributed by atoms with Crippen molar-refractivity contribution in [2.45, 2.75) is 52.6 Å². The van der Waals surface area contributed by atoms with Gasteiger partial charge in [0.1, 0.15) is 5.00 Å². The van der Waals surface area contributed by atoms with Crippen molar-refractivity contribution < 1.29 is 33.4 Å². The van der Waals surface area contributed by atoms with Crippen LogP contribution in [0.4, 0.5) is 5.00 Å². The maximum atomic E-state index is 12.5. The summed E-state index contributed by atoms with van der Waals surface area (Å²) in [5.41, 5.74) is 1.32. The quantitative estimate of drug-likeness (QED) is 0.389. The number of rotatable bonds is 8. The first-order valence-electron chi connectivity index (χ1n) is 9.55. The van der Waals surface area contributed by atoms with Gasteiger partial charge in [0, 0.05) is 17.0 Å². The highest BCUT2D eigenvalue weighted by Gasteiger charge is 2.28. The molecule has 1 aliphatic carbocycles. The highest BCUT2D eigenvalue weighted by molar-refractivity contribution is 7.17. The van der Waals surface area contributed by atoms with Gasteiger partial charge in [-0.2, -0.15) is 0 Å². The Morgan fingerprint density at radius 2 is 1.69 bits per heavy atom. The predicted octanol–water partition coefficient (Wildman–Crippen LogP) is 2.79. The topological polar surface area (TPSA) is 108 Å². The number of ether oxygens (including phenoxy) is 3. The molecule has 8 nitrogen and oxygen atoms in total. The first-order valence-corrected chi connectivity index (χ1v) is 10.4. The largest absolute Gasteiger partial charge is 0.463 e. The van der Waals surface area contributed by atoms with E-state index in [9.17, 15) is 19.2 Å². The molecule has 1 atom stereocenters. The molecule has 29 heavy (non-hydrogen) atoms. The minimum atomic E-state index is -1.12. The Morgan fingerprint density at radius 3 is 2.38 bits per heavy atom. The molecule has 0 spiro atoms. The second-order valence-electron chi connectivity index (χ2n) is 6.29. The zero-order valence-electron chi connectivity index (χ0n) is 16.7. The highest BCUT2D eigenvalue weighted by Crippen LogP contribution is 2.38. The Morgan fingerprint density at radius 1 is 1.03 bits per heavy atom. The van der Waals surface area contributed by atoms with Crippen molar-refractivity contribution >= 4 is 40.2 Å². The number of esters is 3. The van der Waals surface area contributed by atoms with Crippen LogP contribution in [0.1, 0.15) is 54.4 Å². The molecule has 1 N–H and O–H groups in total. The minimum absolute atomic E-state index is 0.185. The number of thiophene rings is 1. The van der Waals surface area contributed by atoms with Gasteiger partial charge in [-0.1, -0.05) is 0 Å². The van der Waals surface area contributed by atoms with E-state index >= 15 is 0 Å². The summed E-state index contributed by atoms with van der Waals surface area (Å²) in [5, 5.41) is 3.09. The second-order valence-corrected chi connectivity index (χ2v) is 7.39. The molecule has 1 aliphatic rings. The lowest BCUT2D eigenvalue weighted by molar-refractivity contribution is -0.148. The molecular weight excluding hydrogens is 398 g/mol. The van der Waals surface area contributed by atoms with Crippen molar-refractivity contribution in [2.24, 2.45) is 0 Å². The van der Waals surface area contributed by atoms with Crippen LogP contribution in [0, 0.1) is 0 Å². The molecule has 1 aromatic rings. The number of hydrogen-bond acceptors (Lipinski definition) is 8. The first kappa shape index (κ1) is 22.6. The Bertz CT molecular complexity index is 812. The number of hydrogen-bond donors (Lipinski definition) is 1. The van der Waals surface area contributed by atoms with Crippen molar-refractivity contribution in [3.63, 3.8) is 0 Å². The van der Waals surface area contributed by atoms with E-state index in [0.29, 0.717) is 10.6 Å². The van der Waals surface area contributed by atoms with Gasteiger partial charge in [0.2, 0.25) is 0 Å². The Labute approximate surface area is 173 Å². The molecule has 1 unspecified atom stereocenters. The van der Waals surface area contributed by atoms with Gasteiger partial charge >= 0.3 is 17.9 Å². The fourth-order valence-corrected chi connectivity index (χ4v) is 4.16. The van der Waals surface area contributed by atoms with Gasteiger partial charge in [-0.05, 0) is 52.0 Å². The molecule has 0 bridgehead atoms. The molecule has 0 fully saturated rings. The Hall–Kier alpha value is -2.68. The summed E-state index contributed by atoms with van der Waals surface area (Å²) in [4.78, 5) is 49.0. The number of anilines is 1. The van der Waals surface area contributed by atoms with E-state index in [4.69, 9.17) is 9.47 Å². The summed E-state index contributed by atoms with van der Waals surface area (Å²) >= 11 is 1.35. The molecule has 9 heteroatoms. The van der Waals surface area contributed by atoms with Crippen molar-refractivity contribution in [1.29, 1.82) is 0 Å². The number of carbonyl (C=O) groups excluding carboxylic acids is 4. The average Bonchev–Trinajstić information content (AvgIpc) is 3.04. The third-order valence-corrected chi connectivity index (χ3v) is 5.40. The van der Waals surface area contributed by atoms with E-state index < -0.39 is 29.9 Å². The lowest BCUT2D eigenvalue weighted by Gasteiger charge is -2.13. The highest BCUT2D eigenvalue weighted by atomic mass is 32.1. The number of fused-ring (bicyclic) bond motifs is 1. The van der Waals surface area contributed by atoms with Gasteiger partial charge in [-0.3, -0.25) is 4.79 Å². The predicted molar refractivity (Wildman–Crippen MR) is 107 cm³/mol. The van der Waals surface area contributed by atoms with Gasteiger partial charge < -0.3 is 19.5 Å².